The fourth-order valence-corrected chi connectivity index (χ4v) is 2.37. The zero-order valence-electron chi connectivity index (χ0n) is 13.1. The average Bonchev–Trinajstić information content (AvgIpc) is 2.60. The van der Waals surface area contributed by atoms with Gasteiger partial charge in [0.1, 0.15) is 30.0 Å². The van der Waals surface area contributed by atoms with Crippen LogP contribution in [0.4, 0.5) is 8.78 Å². The lowest BCUT2D eigenvalue weighted by molar-refractivity contribution is -0.0498. The van der Waals surface area contributed by atoms with Crippen LogP contribution in [0.25, 0.3) is 22.1 Å². The summed E-state index contributed by atoms with van der Waals surface area (Å²) >= 11 is 0. The third-order valence-electron chi connectivity index (χ3n) is 3.50. The maximum Gasteiger partial charge on any atom is 0.387 e. The standard InChI is InChI=1S/C19H14F2O4/c1-2-9-23-14-7-8-15-17(10-14)24-11-16(18(15)22)12-3-5-13(6-4-12)25-19(20)21/h2-8,10-11,19H,1,9H2. The van der Waals surface area contributed by atoms with Crippen LogP contribution in [0, 0.1) is 0 Å². The van der Waals surface area contributed by atoms with Gasteiger partial charge in [-0.1, -0.05) is 24.8 Å². The smallest absolute Gasteiger partial charge is 0.387 e. The number of halogens is 2. The lowest BCUT2D eigenvalue weighted by Gasteiger charge is -2.07. The molecule has 3 aromatic rings. The quantitative estimate of drug-likeness (QED) is 0.612. The third-order valence-corrected chi connectivity index (χ3v) is 3.50. The largest absolute Gasteiger partial charge is 0.489 e. The van der Waals surface area contributed by atoms with E-state index in [1.807, 2.05) is 0 Å². The molecule has 128 valence electrons. The first-order valence-electron chi connectivity index (χ1n) is 7.43. The summed E-state index contributed by atoms with van der Waals surface area (Å²) in [4.78, 5) is 12.6. The first kappa shape index (κ1) is 16.7. The first-order chi connectivity index (χ1) is 12.1. The minimum atomic E-state index is -2.89. The molecule has 0 fully saturated rings. The zero-order valence-corrected chi connectivity index (χ0v) is 13.1. The monoisotopic (exact) mass is 344 g/mol. The molecular weight excluding hydrogens is 330 g/mol. The van der Waals surface area contributed by atoms with Crippen LogP contribution in [0.5, 0.6) is 11.5 Å². The van der Waals surface area contributed by atoms with Gasteiger partial charge in [0.2, 0.25) is 0 Å². The van der Waals surface area contributed by atoms with Crippen molar-refractivity contribution in [2.24, 2.45) is 0 Å². The van der Waals surface area contributed by atoms with Crippen molar-refractivity contribution in [1.29, 1.82) is 0 Å². The highest BCUT2D eigenvalue weighted by atomic mass is 19.3. The highest BCUT2D eigenvalue weighted by Gasteiger charge is 2.11. The maximum absolute atomic E-state index is 12.6. The summed E-state index contributed by atoms with van der Waals surface area (Å²) in [5.74, 6) is 0.588. The third kappa shape index (κ3) is 3.68. The van der Waals surface area contributed by atoms with Crippen LogP contribution >= 0.6 is 0 Å². The summed E-state index contributed by atoms with van der Waals surface area (Å²) in [6.07, 6.45) is 2.95. The summed E-state index contributed by atoms with van der Waals surface area (Å²) in [5.41, 5.74) is 1.05. The fourth-order valence-electron chi connectivity index (χ4n) is 2.37. The molecule has 0 aliphatic heterocycles. The number of hydrogen-bond acceptors (Lipinski definition) is 4. The van der Waals surface area contributed by atoms with E-state index in [4.69, 9.17) is 9.15 Å². The molecule has 1 aromatic heterocycles. The molecule has 25 heavy (non-hydrogen) atoms. The normalized spacial score (nSPS) is 10.8. The van der Waals surface area contributed by atoms with Gasteiger partial charge in [-0.3, -0.25) is 4.79 Å². The minimum Gasteiger partial charge on any atom is -0.489 e. The maximum atomic E-state index is 12.6. The van der Waals surface area contributed by atoms with Gasteiger partial charge in [0.25, 0.3) is 0 Å². The Labute approximate surface area is 141 Å². The fraction of sp³-hybridized carbons (Fsp3) is 0.105. The molecule has 0 amide bonds. The Kier molecular flexibility index (Phi) is 4.79. The van der Waals surface area contributed by atoms with Crippen LogP contribution < -0.4 is 14.9 Å². The van der Waals surface area contributed by atoms with Crippen molar-refractivity contribution in [2.75, 3.05) is 6.61 Å². The number of benzene rings is 2. The van der Waals surface area contributed by atoms with E-state index < -0.39 is 6.61 Å². The second-order valence-electron chi connectivity index (χ2n) is 5.14. The number of fused-ring (bicyclic) bond motifs is 1. The Balaban J connectivity index is 1.96. The van der Waals surface area contributed by atoms with Crippen molar-refractivity contribution in [3.8, 4) is 22.6 Å². The molecule has 2 aromatic carbocycles. The summed E-state index contributed by atoms with van der Waals surface area (Å²) in [6, 6.07) is 10.7. The van der Waals surface area contributed by atoms with E-state index in [0.717, 1.165) is 0 Å². The Hall–Kier alpha value is -3.15. The molecule has 6 heteroatoms. The number of alkyl halides is 2. The van der Waals surface area contributed by atoms with Gasteiger partial charge < -0.3 is 13.9 Å². The number of rotatable bonds is 6. The van der Waals surface area contributed by atoms with Crippen molar-refractivity contribution >= 4 is 11.0 Å². The Morgan fingerprint density at radius 1 is 1.12 bits per heavy atom. The minimum absolute atomic E-state index is 0.0212. The topological polar surface area (TPSA) is 48.7 Å². The molecule has 3 rings (SSSR count). The second kappa shape index (κ2) is 7.17. The number of ether oxygens (including phenoxy) is 2. The number of hydrogen-bond donors (Lipinski definition) is 0. The Morgan fingerprint density at radius 3 is 2.52 bits per heavy atom. The van der Waals surface area contributed by atoms with Crippen molar-refractivity contribution < 1.29 is 22.7 Å². The summed E-state index contributed by atoms with van der Waals surface area (Å²) in [7, 11) is 0. The molecule has 0 saturated heterocycles. The van der Waals surface area contributed by atoms with Gasteiger partial charge in [0.05, 0.1) is 10.9 Å². The molecule has 0 spiro atoms. The van der Waals surface area contributed by atoms with Gasteiger partial charge >= 0.3 is 6.61 Å². The molecule has 0 aliphatic carbocycles. The van der Waals surface area contributed by atoms with Crippen LogP contribution in [0.15, 0.2) is 70.6 Å². The second-order valence-corrected chi connectivity index (χ2v) is 5.14. The molecule has 1 heterocycles. The molecule has 0 N–H and O–H groups in total. The first-order valence-corrected chi connectivity index (χ1v) is 7.43. The van der Waals surface area contributed by atoms with Crippen LogP contribution in [-0.2, 0) is 0 Å². The predicted molar refractivity (Wildman–Crippen MR) is 90.2 cm³/mol. The van der Waals surface area contributed by atoms with Crippen LogP contribution in [0.3, 0.4) is 0 Å². The van der Waals surface area contributed by atoms with Crippen molar-refractivity contribution in [3.05, 3.63) is 71.6 Å². The van der Waals surface area contributed by atoms with E-state index >= 15 is 0 Å². The molecule has 0 aliphatic rings. The van der Waals surface area contributed by atoms with E-state index in [9.17, 15) is 13.6 Å². The van der Waals surface area contributed by atoms with E-state index in [0.29, 0.717) is 34.5 Å². The van der Waals surface area contributed by atoms with E-state index in [2.05, 4.69) is 11.3 Å². The van der Waals surface area contributed by atoms with E-state index in [1.54, 1.807) is 24.3 Å². The van der Waals surface area contributed by atoms with E-state index in [-0.39, 0.29) is 11.2 Å². The SMILES string of the molecule is C=CCOc1ccc2c(=O)c(-c3ccc(OC(F)F)cc3)coc2c1. The van der Waals surface area contributed by atoms with Gasteiger partial charge in [-0.2, -0.15) is 8.78 Å². The van der Waals surface area contributed by atoms with Gasteiger partial charge in [-0.05, 0) is 29.8 Å². The van der Waals surface area contributed by atoms with Crippen LogP contribution in [0.1, 0.15) is 0 Å². The Bertz CT molecular complexity index is 946. The highest BCUT2D eigenvalue weighted by Crippen LogP contribution is 2.25. The van der Waals surface area contributed by atoms with Gasteiger partial charge in [0.15, 0.2) is 5.43 Å². The van der Waals surface area contributed by atoms with Gasteiger partial charge in [0, 0.05) is 6.07 Å². The molecular formula is C19H14F2O4. The van der Waals surface area contributed by atoms with Crippen molar-refractivity contribution in [1.82, 2.24) is 0 Å². The van der Waals surface area contributed by atoms with Gasteiger partial charge in [-0.25, -0.2) is 0 Å². The summed E-state index contributed by atoms with van der Waals surface area (Å²) in [5, 5.41) is 0.399. The lowest BCUT2D eigenvalue weighted by atomic mass is 10.1. The zero-order chi connectivity index (χ0) is 17.8. The molecule has 0 unspecified atom stereocenters. The predicted octanol–water partition coefficient (Wildman–Crippen LogP) is 4.63. The van der Waals surface area contributed by atoms with Crippen LogP contribution in [0.2, 0.25) is 0 Å². The van der Waals surface area contributed by atoms with Crippen molar-refractivity contribution in [2.45, 2.75) is 6.61 Å². The van der Waals surface area contributed by atoms with Gasteiger partial charge in [-0.15, -0.1) is 0 Å². The molecule has 4 nitrogen and oxygen atoms in total. The highest BCUT2D eigenvalue weighted by molar-refractivity contribution is 5.82. The Morgan fingerprint density at radius 2 is 1.84 bits per heavy atom. The molecule has 0 bridgehead atoms. The molecule has 0 saturated carbocycles. The molecule has 0 atom stereocenters. The van der Waals surface area contributed by atoms with E-state index in [1.165, 1.54) is 30.5 Å². The molecule has 0 radical (unpaired) electrons. The summed E-state index contributed by atoms with van der Waals surface area (Å²) in [6.45, 7) is 1.02. The van der Waals surface area contributed by atoms with Crippen molar-refractivity contribution in [3.63, 3.8) is 0 Å². The lowest BCUT2D eigenvalue weighted by Crippen LogP contribution is -2.05. The van der Waals surface area contributed by atoms with Crippen LogP contribution in [-0.4, -0.2) is 13.2 Å². The average molecular weight is 344 g/mol. The summed E-state index contributed by atoms with van der Waals surface area (Å²) < 4.78 is 39.6.